The molecule has 2 aromatic rings. The lowest BCUT2D eigenvalue weighted by Crippen LogP contribution is -2.48. The molecule has 0 bridgehead atoms. The normalized spacial score (nSPS) is 21.8. The van der Waals surface area contributed by atoms with Gasteiger partial charge in [0.15, 0.2) is 0 Å². The zero-order valence-corrected chi connectivity index (χ0v) is 16.9. The monoisotopic (exact) mass is 408 g/mol. The fourth-order valence-electron chi connectivity index (χ4n) is 4.14. The Morgan fingerprint density at radius 2 is 1.87 bits per heavy atom. The molecule has 30 heavy (non-hydrogen) atoms. The number of benzene rings is 1. The second-order valence-corrected chi connectivity index (χ2v) is 8.14. The molecule has 2 heterocycles. The summed E-state index contributed by atoms with van der Waals surface area (Å²) in [6.45, 7) is 3.94. The van der Waals surface area contributed by atoms with E-state index in [1.165, 1.54) is 15.9 Å². The number of fused-ring (bicyclic) bond motifs is 1. The van der Waals surface area contributed by atoms with Crippen molar-refractivity contribution in [1.82, 2.24) is 25.1 Å². The van der Waals surface area contributed by atoms with Gasteiger partial charge in [-0.2, -0.15) is 0 Å². The number of hydrogen-bond donors (Lipinski definition) is 1. The van der Waals surface area contributed by atoms with Crippen molar-refractivity contribution in [1.29, 1.82) is 0 Å². The summed E-state index contributed by atoms with van der Waals surface area (Å²) in [5, 5.41) is 13.9. The van der Waals surface area contributed by atoms with Gasteiger partial charge in [-0.15, -0.1) is 5.10 Å². The Bertz CT molecular complexity index is 958. The highest BCUT2D eigenvalue weighted by Gasteiger charge is 2.51. The Hall–Kier alpha value is -3.36. The maximum absolute atomic E-state index is 13.2. The summed E-state index contributed by atoms with van der Waals surface area (Å²) in [5.74, 6) is -1.42. The topological polar surface area (TPSA) is 110 Å². The van der Waals surface area contributed by atoms with Crippen molar-refractivity contribution in [2.75, 3.05) is 5.32 Å². The fraction of sp³-hybridized carbons (Fsp3) is 0.429. The average Bonchev–Trinajstić information content (AvgIpc) is 3.35. The van der Waals surface area contributed by atoms with E-state index in [0.717, 1.165) is 0 Å². The van der Waals surface area contributed by atoms with Crippen LogP contribution in [0.1, 0.15) is 33.1 Å². The first-order valence-electron chi connectivity index (χ1n) is 10.1. The lowest BCUT2D eigenvalue weighted by atomic mass is 9.85. The lowest BCUT2D eigenvalue weighted by Gasteiger charge is -2.27. The van der Waals surface area contributed by atoms with Crippen molar-refractivity contribution < 1.29 is 14.4 Å². The smallest absolute Gasteiger partial charge is 0.247 e. The molecular formula is C21H24N6O3. The minimum atomic E-state index is -0.840. The van der Waals surface area contributed by atoms with Crippen LogP contribution in [0.3, 0.4) is 0 Å². The molecule has 0 saturated carbocycles. The molecule has 2 aliphatic rings. The number of tetrazole rings is 1. The summed E-state index contributed by atoms with van der Waals surface area (Å²) in [4.78, 5) is 40.4. The second kappa shape index (κ2) is 8.17. The van der Waals surface area contributed by atoms with Gasteiger partial charge in [0, 0.05) is 5.69 Å². The molecule has 1 fully saturated rings. The van der Waals surface area contributed by atoms with E-state index in [4.69, 9.17) is 0 Å². The van der Waals surface area contributed by atoms with E-state index in [0.29, 0.717) is 30.6 Å². The van der Waals surface area contributed by atoms with Crippen LogP contribution in [-0.4, -0.2) is 48.9 Å². The molecule has 4 rings (SSSR count). The van der Waals surface area contributed by atoms with Crippen molar-refractivity contribution in [2.45, 2.75) is 39.2 Å². The Labute approximate surface area is 174 Å². The van der Waals surface area contributed by atoms with Crippen molar-refractivity contribution in [3.05, 3.63) is 42.7 Å². The van der Waals surface area contributed by atoms with Gasteiger partial charge in [0.25, 0.3) is 0 Å². The minimum absolute atomic E-state index is 0.134. The van der Waals surface area contributed by atoms with Crippen LogP contribution >= 0.6 is 0 Å². The fourth-order valence-corrected chi connectivity index (χ4v) is 4.14. The zero-order valence-electron chi connectivity index (χ0n) is 16.9. The number of nitrogens with one attached hydrogen (secondary N) is 1. The van der Waals surface area contributed by atoms with Crippen LogP contribution in [0.4, 0.5) is 5.69 Å². The van der Waals surface area contributed by atoms with Crippen molar-refractivity contribution in [2.24, 2.45) is 17.8 Å². The highest BCUT2D eigenvalue weighted by Crippen LogP contribution is 2.37. The van der Waals surface area contributed by atoms with E-state index in [2.05, 4.69) is 20.8 Å². The van der Waals surface area contributed by atoms with Crippen LogP contribution in [0.15, 0.2) is 42.7 Å². The van der Waals surface area contributed by atoms with Crippen LogP contribution in [0.25, 0.3) is 5.69 Å². The number of allylic oxidation sites excluding steroid dienone is 2. The average molecular weight is 408 g/mol. The van der Waals surface area contributed by atoms with Crippen LogP contribution in [0.5, 0.6) is 0 Å². The Balaban J connectivity index is 1.57. The van der Waals surface area contributed by atoms with E-state index in [1.54, 1.807) is 18.2 Å². The number of rotatable bonds is 6. The molecule has 3 amide bonds. The molecule has 1 aliphatic carbocycles. The van der Waals surface area contributed by atoms with Crippen molar-refractivity contribution in [3.8, 4) is 5.69 Å². The van der Waals surface area contributed by atoms with Crippen LogP contribution in [-0.2, 0) is 14.4 Å². The van der Waals surface area contributed by atoms with E-state index >= 15 is 0 Å². The number of imide groups is 1. The molecule has 3 unspecified atom stereocenters. The number of hydrogen-bond acceptors (Lipinski definition) is 6. The molecule has 1 N–H and O–H groups in total. The predicted molar refractivity (Wildman–Crippen MR) is 108 cm³/mol. The van der Waals surface area contributed by atoms with Gasteiger partial charge >= 0.3 is 0 Å². The van der Waals surface area contributed by atoms with Crippen LogP contribution in [0, 0.1) is 17.8 Å². The SMILES string of the molecule is CC(C)CC(C(=O)Nc1cccc(-n2cnnn2)c1)N1C(=O)C2CC=CCC2C1=O. The van der Waals surface area contributed by atoms with Gasteiger partial charge in [-0.1, -0.05) is 32.1 Å². The highest BCUT2D eigenvalue weighted by atomic mass is 16.2. The predicted octanol–water partition coefficient (Wildman–Crippen LogP) is 1.97. The Kier molecular flexibility index (Phi) is 5.43. The first-order valence-corrected chi connectivity index (χ1v) is 10.1. The molecule has 1 aromatic carbocycles. The van der Waals surface area contributed by atoms with Gasteiger partial charge in [0.2, 0.25) is 17.7 Å². The minimum Gasteiger partial charge on any atom is -0.324 e. The summed E-state index contributed by atoms with van der Waals surface area (Å²) in [6.07, 6.45) is 6.85. The van der Waals surface area contributed by atoms with Gasteiger partial charge in [-0.3, -0.25) is 19.3 Å². The van der Waals surface area contributed by atoms with E-state index in [-0.39, 0.29) is 35.5 Å². The summed E-state index contributed by atoms with van der Waals surface area (Å²) in [7, 11) is 0. The van der Waals surface area contributed by atoms with E-state index in [9.17, 15) is 14.4 Å². The van der Waals surface area contributed by atoms with Gasteiger partial charge in [-0.05, 0) is 53.8 Å². The molecule has 156 valence electrons. The summed E-state index contributed by atoms with van der Waals surface area (Å²) >= 11 is 0. The maximum atomic E-state index is 13.2. The number of likely N-dealkylation sites (tertiary alicyclic amines) is 1. The van der Waals surface area contributed by atoms with Gasteiger partial charge in [0.05, 0.1) is 17.5 Å². The Morgan fingerprint density at radius 3 is 2.47 bits per heavy atom. The van der Waals surface area contributed by atoms with Gasteiger partial charge in [-0.25, -0.2) is 4.68 Å². The standard InChI is InChI=1S/C21H24N6O3/c1-13(2)10-18(27-20(29)16-8-3-4-9-17(16)21(27)30)19(28)23-14-6-5-7-15(11-14)26-12-22-24-25-26/h3-7,11-13,16-18H,8-10H2,1-2H3,(H,23,28). The number of aromatic nitrogens is 4. The molecule has 1 aliphatic heterocycles. The summed E-state index contributed by atoms with van der Waals surface area (Å²) in [5.41, 5.74) is 1.23. The lowest BCUT2D eigenvalue weighted by molar-refractivity contribution is -0.147. The first-order chi connectivity index (χ1) is 14.5. The van der Waals surface area contributed by atoms with Crippen LogP contribution in [0.2, 0.25) is 0 Å². The molecule has 1 saturated heterocycles. The number of amides is 3. The first kappa shape index (κ1) is 19.9. The van der Waals surface area contributed by atoms with Crippen molar-refractivity contribution >= 4 is 23.4 Å². The zero-order chi connectivity index (χ0) is 21.3. The highest BCUT2D eigenvalue weighted by molar-refractivity contribution is 6.10. The van der Waals surface area contributed by atoms with Gasteiger partial charge < -0.3 is 5.32 Å². The molecule has 3 atom stereocenters. The maximum Gasteiger partial charge on any atom is 0.247 e. The molecule has 0 spiro atoms. The van der Waals surface area contributed by atoms with Crippen LogP contribution < -0.4 is 5.32 Å². The third-order valence-corrected chi connectivity index (χ3v) is 5.58. The number of carbonyl (C=O) groups excluding carboxylic acids is 3. The number of nitrogens with zero attached hydrogens (tertiary/aromatic N) is 5. The van der Waals surface area contributed by atoms with E-state index in [1.807, 2.05) is 32.1 Å². The Morgan fingerprint density at radius 1 is 1.17 bits per heavy atom. The third-order valence-electron chi connectivity index (χ3n) is 5.58. The quantitative estimate of drug-likeness (QED) is 0.578. The molecule has 1 aromatic heterocycles. The van der Waals surface area contributed by atoms with Crippen molar-refractivity contribution in [3.63, 3.8) is 0 Å². The summed E-state index contributed by atoms with van der Waals surface area (Å²) in [6, 6.07) is 6.22. The van der Waals surface area contributed by atoms with Gasteiger partial charge in [0.1, 0.15) is 12.4 Å². The molecular weight excluding hydrogens is 384 g/mol. The second-order valence-electron chi connectivity index (χ2n) is 8.14. The number of carbonyl (C=O) groups is 3. The summed E-state index contributed by atoms with van der Waals surface area (Å²) < 4.78 is 1.48. The third kappa shape index (κ3) is 3.74. The molecule has 9 nitrogen and oxygen atoms in total. The largest absolute Gasteiger partial charge is 0.324 e. The van der Waals surface area contributed by atoms with E-state index < -0.39 is 6.04 Å². The molecule has 9 heteroatoms. The molecule has 0 radical (unpaired) electrons. The number of anilines is 1.